The van der Waals surface area contributed by atoms with Crippen LogP contribution in [0.1, 0.15) is 26.2 Å². The summed E-state index contributed by atoms with van der Waals surface area (Å²) in [5.74, 6) is 1.19. The van der Waals surface area contributed by atoms with Crippen molar-refractivity contribution in [2.24, 2.45) is 28.7 Å². The van der Waals surface area contributed by atoms with Crippen LogP contribution in [0.4, 0.5) is 0 Å². The van der Waals surface area contributed by atoms with Gasteiger partial charge in [0, 0.05) is 44.4 Å². The molecule has 2 N–H and O–H groups in total. The summed E-state index contributed by atoms with van der Waals surface area (Å²) in [4.78, 5) is 31.7. The van der Waals surface area contributed by atoms with Crippen LogP contribution in [0.15, 0.2) is 53.7 Å². The van der Waals surface area contributed by atoms with Crippen LogP contribution in [0.3, 0.4) is 0 Å². The van der Waals surface area contributed by atoms with Gasteiger partial charge in [0.1, 0.15) is 0 Å². The summed E-state index contributed by atoms with van der Waals surface area (Å²) in [5.41, 5.74) is 1.26. The number of carbonyl (C=O) groups is 2. The Labute approximate surface area is 218 Å². The Hall–Kier alpha value is -2.36. The van der Waals surface area contributed by atoms with E-state index in [1.807, 2.05) is 6.92 Å². The van der Waals surface area contributed by atoms with Crippen molar-refractivity contribution in [2.75, 3.05) is 26.2 Å². The fourth-order valence-electron chi connectivity index (χ4n) is 5.74. The van der Waals surface area contributed by atoms with Gasteiger partial charge in [-0.1, -0.05) is 30.4 Å². The van der Waals surface area contributed by atoms with E-state index in [1.54, 1.807) is 0 Å². The number of carbonyl (C=O) groups excluding carboxylic acids is 2. The highest BCUT2D eigenvalue weighted by Crippen LogP contribution is 2.52. The lowest BCUT2D eigenvalue weighted by Gasteiger charge is -2.17. The standard InChI is InChI=1S/C26H33N5O2.HI/c1-2-27-26(28-12-5-14-30-16-11-18-7-3-4-8-21(18)30)29-13-6-15-31-24(32)22-19-9-10-20(17-19)23(22)25(31)33;/h3-4,7-11,16,19-20,22-23H,2,5-6,12-15,17H2,1H3,(H2,27,28,29);1H. The molecule has 2 heterocycles. The molecule has 4 atom stereocenters. The molecule has 2 fully saturated rings. The number of amides is 2. The molecule has 3 aliphatic rings. The first-order valence-electron chi connectivity index (χ1n) is 12.3. The number of fused-ring (bicyclic) bond motifs is 6. The summed E-state index contributed by atoms with van der Waals surface area (Å²) in [5, 5.41) is 7.95. The van der Waals surface area contributed by atoms with E-state index in [-0.39, 0.29) is 59.5 Å². The van der Waals surface area contributed by atoms with Crippen molar-refractivity contribution in [3.63, 3.8) is 0 Å². The molecular formula is C26H34IN5O2. The third kappa shape index (κ3) is 4.74. The molecule has 1 saturated heterocycles. The van der Waals surface area contributed by atoms with E-state index in [0.717, 1.165) is 38.4 Å². The maximum Gasteiger partial charge on any atom is 0.233 e. The number of halogens is 1. The highest BCUT2D eigenvalue weighted by molar-refractivity contribution is 14.0. The van der Waals surface area contributed by atoms with E-state index in [0.29, 0.717) is 19.5 Å². The predicted octanol–water partition coefficient (Wildman–Crippen LogP) is 3.40. The summed E-state index contributed by atoms with van der Waals surface area (Å²) in [7, 11) is 0. The quantitative estimate of drug-likeness (QED) is 0.120. The van der Waals surface area contributed by atoms with Gasteiger partial charge in [0.05, 0.1) is 11.8 Å². The zero-order valence-electron chi connectivity index (χ0n) is 19.7. The van der Waals surface area contributed by atoms with Crippen LogP contribution in [-0.2, 0) is 16.1 Å². The molecule has 1 saturated carbocycles. The molecule has 0 spiro atoms. The maximum atomic E-state index is 12.8. The number of hydrogen-bond donors (Lipinski definition) is 2. The van der Waals surface area contributed by atoms with Crippen molar-refractivity contribution in [3.8, 4) is 0 Å². The van der Waals surface area contributed by atoms with Crippen LogP contribution < -0.4 is 10.6 Å². The number of aliphatic imine (C=N–C) groups is 1. The van der Waals surface area contributed by atoms with Gasteiger partial charge in [-0.3, -0.25) is 19.5 Å². The van der Waals surface area contributed by atoms with Gasteiger partial charge in [-0.05, 0) is 55.5 Å². The van der Waals surface area contributed by atoms with Gasteiger partial charge in [0.15, 0.2) is 5.96 Å². The minimum atomic E-state index is -0.104. The molecule has 4 unspecified atom stereocenters. The number of nitrogens with one attached hydrogen (secondary N) is 2. The molecule has 1 aliphatic heterocycles. The SMILES string of the molecule is CCNC(=NCCCN1C(=O)C2C3C=CC(C3)C2C1=O)NCCCn1ccc2ccccc21.I. The molecule has 2 aromatic rings. The summed E-state index contributed by atoms with van der Waals surface area (Å²) >= 11 is 0. The molecule has 0 radical (unpaired) electrons. The minimum absolute atomic E-state index is 0. The number of aromatic nitrogens is 1. The zero-order valence-corrected chi connectivity index (χ0v) is 22.0. The fourth-order valence-corrected chi connectivity index (χ4v) is 5.74. The topological polar surface area (TPSA) is 78.7 Å². The Bertz CT molecular complexity index is 1060. The first-order valence-corrected chi connectivity index (χ1v) is 12.3. The number of nitrogens with zero attached hydrogens (tertiary/aromatic N) is 3. The summed E-state index contributed by atoms with van der Waals surface area (Å²) in [6, 6.07) is 10.6. The monoisotopic (exact) mass is 575 g/mol. The number of benzene rings is 1. The van der Waals surface area contributed by atoms with Crippen LogP contribution in [0.25, 0.3) is 10.9 Å². The second-order valence-electron chi connectivity index (χ2n) is 9.29. The number of rotatable bonds is 9. The molecule has 2 bridgehead atoms. The third-order valence-electron chi connectivity index (χ3n) is 7.26. The van der Waals surface area contributed by atoms with E-state index in [2.05, 4.69) is 68.9 Å². The number of allylic oxidation sites excluding steroid dienone is 2. The molecule has 1 aromatic carbocycles. The van der Waals surface area contributed by atoms with Gasteiger partial charge in [0.25, 0.3) is 0 Å². The molecule has 182 valence electrons. The number of para-hydroxylation sites is 1. The van der Waals surface area contributed by atoms with E-state index in [1.165, 1.54) is 15.8 Å². The second-order valence-corrected chi connectivity index (χ2v) is 9.29. The van der Waals surface area contributed by atoms with E-state index < -0.39 is 0 Å². The van der Waals surface area contributed by atoms with Crippen LogP contribution in [0.2, 0.25) is 0 Å². The first kappa shape index (κ1) is 24.8. The molecule has 7 nitrogen and oxygen atoms in total. The average Bonchev–Trinajstić information content (AvgIpc) is 3.59. The third-order valence-corrected chi connectivity index (χ3v) is 7.26. The summed E-state index contributed by atoms with van der Waals surface area (Å²) in [6.07, 6.45) is 9.06. The molecule has 2 amide bonds. The van der Waals surface area contributed by atoms with Gasteiger partial charge in [-0.15, -0.1) is 24.0 Å². The van der Waals surface area contributed by atoms with Crippen molar-refractivity contribution in [1.29, 1.82) is 0 Å². The fraction of sp³-hybridized carbons (Fsp3) is 0.500. The average molecular weight is 575 g/mol. The number of hydrogen-bond acceptors (Lipinski definition) is 3. The molecular weight excluding hydrogens is 541 g/mol. The van der Waals surface area contributed by atoms with E-state index in [9.17, 15) is 9.59 Å². The van der Waals surface area contributed by atoms with Crippen LogP contribution >= 0.6 is 24.0 Å². The number of guanidine groups is 1. The van der Waals surface area contributed by atoms with Crippen molar-refractivity contribution < 1.29 is 9.59 Å². The van der Waals surface area contributed by atoms with E-state index in [4.69, 9.17) is 0 Å². The number of imide groups is 1. The van der Waals surface area contributed by atoms with Crippen LogP contribution in [-0.4, -0.2) is 53.4 Å². The van der Waals surface area contributed by atoms with E-state index >= 15 is 0 Å². The number of aryl methyl sites for hydroxylation is 1. The summed E-state index contributed by atoms with van der Waals surface area (Å²) < 4.78 is 2.28. The normalized spacial score (nSPS) is 25.2. The predicted molar refractivity (Wildman–Crippen MR) is 145 cm³/mol. The number of likely N-dealkylation sites (tertiary alicyclic amines) is 1. The molecule has 2 aliphatic carbocycles. The van der Waals surface area contributed by atoms with Crippen LogP contribution in [0, 0.1) is 23.7 Å². The molecule has 1 aromatic heterocycles. The van der Waals surface area contributed by atoms with Crippen molar-refractivity contribution >= 4 is 52.7 Å². The Balaban J connectivity index is 0.00000274. The highest BCUT2D eigenvalue weighted by Gasteiger charge is 2.58. The Kier molecular flexibility index (Phi) is 7.95. The van der Waals surface area contributed by atoms with Gasteiger partial charge in [0.2, 0.25) is 11.8 Å². The van der Waals surface area contributed by atoms with Gasteiger partial charge in [-0.2, -0.15) is 0 Å². The lowest BCUT2D eigenvalue weighted by molar-refractivity contribution is -0.140. The lowest BCUT2D eigenvalue weighted by atomic mass is 9.85. The van der Waals surface area contributed by atoms with Gasteiger partial charge >= 0.3 is 0 Å². The van der Waals surface area contributed by atoms with Gasteiger partial charge in [-0.25, -0.2) is 0 Å². The smallest absolute Gasteiger partial charge is 0.233 e. The van der Waals surface area contributed by atoms with Crippen molar-refractivity contribution in [3.05, 3.63) is 48.7 Å². The Morgan fingerprint density at radius 3 is 2.47 bits per heavy atom. The molecule has 5 rings (SSSR count). The molecule has 8 heteroatoms. The van der Waals surface area contributed by atoms with Crippen molar-refractivity contribution in [2.45, 2.75) is 32.7 Å². The highest BCUT2D eigenvalue weighted by atomic mass is 127. The Morgan fingerprint density at radius 1 is 1.00 bits per heavy atom. The Morgan fingerprint density at radius 2 is 1.74 bits per heavy atom. The second kappa shape index (κ2) is 10.9. The maximum absolute atomic E-state index is 12.8. The molecule has 34 heavy (non-hydrogen) atoms. The minimum Gasteiger partial charge on any atom is -0.357 e. The zero-order chi connectivity index (χ0) is 22.8. The lowest BCUT2D eigenvalue weighted by Crippen LogP contribution is -2.38. The summed E-state index contributed by atoms with van der Waals surface area (Å²) in [6.45, 7) is 5.64. The van der Waals surface area contributed by atoms with Crippen molar-refractivity contribution in [1.82, 2.24) is 20.1 Å². The van der Waals surface area contributed by atoms with Gasteiger partial charge < -0.3 is 15.2 Å². The van der Waals surface area contributed by atoms with Crippen LogP contribution in [0.5, 0.6) is 0 Å². The first-order chi connectivity index (χ1) is 16.2. The largest absolute Gasteiger partial charge is 0.357 e.